The number of carbonyl (C=O) groups is 1. The Kier molecular flexibility index (Phi) is 4.76. The van der Waals surface area contributed by atoms with Crippen LogP contribution in [0.2, 0.25) is 0 Å². The van der Waals surface area contributed by atoms with Gasteiger partial charge in [-0.1, -0.05) is 31.5 Å². The molecule has 0 amide bonds. The van der Waals surface area contributed by atoms with E-state index in [1.807, 2.05) is 0 Å². The summed E-state index contributed by atoms with van der Waals surface area (Å²) in [5, 5.41) is -0.731. The first-order chi connectivity index (χ1) is 8.26. The van der Waals surface area contributed by atoms with E-state index in [1.54, 1.807) is 13.8 Å². The molecule has 0 bridgehead atoms. The van der Waals surface area contributed by atoms with E-state index in [2.05, 4.69) is 0 Å². The Morgan fingerprint density at radius 3 is 1.94 bits per heavy atom. The molecule has 0 heterocycles. The quantitative estimate of drug-likeness (QED) is 0.677. The molecule has 0 unspecified atom stereocenters. The third-order valence-electron chi connectivity index (χ3n) is 3.76. The lowest BCUT2D eigenvalue weighted by molar-refractivity contribution is -0.113. The summed E-state index contributed by atoms with van der Waals surface area (Å²) in [6, 6.07) is 0. The third kappa shape index (κ3) is 2.55. The molecule has 0 radical (unpaired) electrons. The van der Waals surface area contributed by atoms with Gasteiger partial charge in [0.25, 0.3) is 0 Å². The Hall–Kier alpha value is -0.220. The predicted molar refractivity (Wildman–Crippen MR) is 65.9 cm³/mol. The van der Waals surface area contributed by atoms with E-state index in [4.69, 9.17) is 23.2 Å². The topological polar surface area (TPSA) is 17.1 Å². The van der Waals surface area contributed by atoms with E-state index in [0.29, 0.717) is 0 Å². The van der Waals surface area contributed by atoms with Crippen molar-refractivity contribution >= 4 is 28.4 Å². The SMILES string of the molecule is CC1(C)[C@H](/C=C(\Cl)C(CF)(CF)CF)[C@@H]1C(=O)Cl. The zero-order chi connectivity index (χ0) is 14.1. The van der Waals surface area contributed by atoms with Crippen LogP contribution in [-0.2, 0) is 4.79 Å². The molecule has 0 N–H and O–H groups in total. The maximum absolute atomic E-state index is 12.8. The Labute approximate surface area is 114 Å². The first-order valence-corrected chi connectivity index (χ1v) is 6.27. The van der Waals surface area contributed by atoms with Crippen molar-refractivity contribution in [3.05, 3.63) is 11.1 Å². The van der Waals surface area contributed by atoms with Crippen molar-refractivity contribution in [2.75, 3.05) is 20.0 Å². The van der Waals surface area contributed by atoms with Crippen molar-refractivity contribution in [2.45, 2.75) is 13.8 Å². The van der Waals surface area contributed by atoms with Crippen molar-refractivity contribution in [2.24, 2.45) is 22.7 Å². The monoisotopic (exact) mass is 302 g/mol. The fourth-order valence-electron chi connectivity index (χ4n) is 2.06. The molecule has 6 heteroatoms. The summed E-state index contributed by atoms with van der Waals surface area (Å²) in [6.45, 7) is -0.0670. The normalized spacial score (nSPS) is 27.2. The highest BCUT2D eigenvalue weighted by Gasteiger charge is 2.60. The first-order valence-electron chi connectivity index (χ1n) is 5.52. The Bertz CT molecular complexity index is 356. The molecular formula is C12H15Cl2F3O. The van der Waals surface area contributed by atoms with Crippen LogP contribution in [0, 0.1) is 22.7 Å². The minimum atomic E-state index is -1.93. The summed E-state index contributed by atoms with van der Waals surface area (Å²) >= 11 is 11.2. The molecule has 0 aliphatic heterocycles. The smallest absolute Gasteiger partial charge is 0.225 e. The van der Waals surface area contributed by atoms with Crippen molar-refractivity contribution in [1.29, 1.82) is 0 Å². The van der Waals surface area contributed by atoms with Crippen LogP contribution in [0.25, 0.3) is 0 Å². The fraction of sp³-hybridized carbons (Fsp3) is 0.750. The molecule has 1 rings (SSSR count). The molecule has 0 saturated heterocycles. The highest BCUT2D eigenvalue weighted by Crippen LogP contribution is 2.61. The van der Waals surface area contributed by atoms with Gasteiger partial charge in [0.05, 0.1) is 5.41 Å². The summed E-state index contributed by atoms with van der Waals surface area (Å²) in [4.78, 5) is 11.1. The number of halogens is 5. The molecule has 18 heavy (non-hydrogen) atoms. The lowest BCUT2D eigenvalue weighted by Crippen LogP contribution is -2.29. The van der Waals surface area contributed by atoms with E-state index in [9.17, 15) is 18.0 Å². The van der Waals surface area contributed by atoms with Gasteiger partial charge in [0.15, 0.2) is 0 Å². The van der Waals surface area contributed by atoms with Crippen LogP contribution in [0.3, 0.4) is 0 Å². The van der Waals surface area contributed by atoms with Gasteiger partial charge in [0.1, 0.15) is 20.0 Å². The van der Waals surface area contributed by atoms with E-state index in [0.717, 1.165) is 0 Å². The maximum Gasteiger partial charge on any atom is 0.225 e. The van der Waals surface area contributed by atoms with E-state index < -0.39 is 42.0 Å². The number of hydrogen-bond donors (Lipinski definition) is 0. The van der Waals surface area contributed by atoms with Gasteiger partial charge in [-0.3, -0.25) is 4.79 Å². The second kappa shape index (κ2) is 5.41. The molecule has 0 spiro atoms. The van der Waals surface area contributed by atoms with Gasteiger partial charge < -0.3 is 0 Å². The minimum absolute atomic E-state index is 0.214. The maximum atomic E-state index is 12.8. The van der Waals surface area contributed by atoms with Crippen molar-refractivity contribution in [3.8, 4) is 0 Å². The van der Waals surface area contributed by atoms with Gasteiger partial charge in [-0.2, -0.15) is 0 Å². The Morgan fingerprint density at radius 1 is 1.22 bits per heavy atom. The number of carbonyl (C=O) groups excluding carboxylic acids is 1. The standard InChI is InChI=1S/C12H15Cl2F3O/c1-11(2)7(9(11)10(14)18)3-8(13)12(4-15,5-16)6-17/h3,7,9H,4-6H2,1-2H3/b8-3-/t7-,9-/m1/s1. The van der Waals surface area contributed by atoms with Crippen LogP contribution < -0.4 is 0 Å². The average molecular weight is 303 g/mol. The van der Waals surface area contributed by atoms with Gasteiger partial charge in [-0.25, -0.2) is 13.2 Å². The zero-order valence-electron chi connectivity index (χ0n) is 10.2. The van der Waals surface area contributed by atoms with Crippen LogP contribution in [0.1, 0.15) is 13.8 Å². The highest BCUT2D eigenvalue weighted by molar-refractivity contribution is 6.64. The van der Waals surface area contributed by atoms with Crippen LogP contribution in [0.15, 0.2) is 11.1 Å². The lowest BCUT2D eigenvalue weighted by Gasteiger charge is -2.23. The van der Waals surface area contributed by atoms with Crippen LogP contribution in [-0.4, -0.2) is 25.3 Å². The summed E-state index contributed by atoms with van der Waals surface area (Å²) in [5.41, 5.74) is -2.34. The second-order valence-corrected chi connectivity index (χ2v) is 6.10. The molecule has 2 atom stereocenters. The molecule has 1 saturated carbocycles. The van der Waals surface area contributed by atoms with E-state index >= 15 is 0 Å². The zero-order valence-corrected chi connectivity index (χ0v) is 11.7. The average Bonchev–Trinajstić information content (AvgIpc) is 2.83. The molecule has 1 fully saturated rings. The molecule has 1 aliphatic rings. The molecule has 0 aromatic carbocycles. The fourth-order valence-corrected chi connectivity index (χ4v) is 2.76. The van der Waals surface area contributed by atoms with Gasteiger partial charge >= 0.3 is 0 Å². The summed E-state index contributed by atoms with van der Waals surface area (Å²) in [7, 11) is 0. The van der Waals surface area contributed by atoms with Gasteiger partial charge in [-0.05, 0) is 22.9 Å². The Morgan fingerprint density at radius 2 is 1.67 bits per heavy atom. The molecule has 1 aliphatic carbocycles. The van der Waals surface area contributed by atoms with Crippen LogP contribution in [0.5, 0.6) is 0 Å². The summed E-state index contributed by atoms with van der Waals surface area (Å²) < 4.78 is 38.4. The van der Waals surface area contributed by atoms with E-state index in [-0.39, 0.29) is 11.0 Å². The second-order valence-electron chi connectivity index (χ2n) is 5.32. The van der Waals surface area contributed by atoms with Gasteiger partial charge in [0.2, 0.25) is 5.24 Å². The van der Waals surface area contributed by atoms with Crippen molar-refractivity contribution in [1.82, 2.24) is 0 Å². The molecule has 0 aromatic rings. The third-order valence-corrected chi connectivity index (χ3v) is 4.52. The molecular weight excluding hydrogens is 288 g/mol. The molecule has 0 aromatic heterocycles. The number of allylic oxidation sites excluding steroid dienone is 2. The highest BCUT2D eigenvalue weighted by atomic mass is 35.5. The predicted octanol–water partition coefficient (Wildman–Crippen LogP) is 4.04. The van der Waals surface area contributed by atoms with Gasteiger partial charge in [-0.15, -0.1) is 0 Å². The first kappa shape index (κ1) is 15.8. The molecule has 1 nitrogen and oxygen atoms in total. The van der Waals surface area contributed by atoms with Crippen LogP contribution >= 0.6 is 23.2 Å². The number of rotatable bonds is 6. The minimum Gasteiger partial charge on any atom is -0.281 e. The van der Waals surface area contributed by atoms with Crippen molar-refractivity contribution < 1.29 is 18.0 Å². The summed E-state index contributed by atoms with van der Waals surface area (Å²) in [6.07, 6.45) is 1.37. The lowest BCUT2D eigenvalue weighted by atomic mass is 9.91. The molecule has 104 valence electrons. The Balaban J connectivity index is 2.94. The van der Waals surface area contributed by atoms with Gasteiger partial charge in [0, 0.05) is 11.0 Å². The van der Waals surface area contributed by atoms with Crippen molar-refractivity contribution in [3.63, 3.8) is 0 Å². The van der Waals surface area contributed by atoms with Crippen LogP contribution in [0.4, 0.5) is 13.2 Å². The largest absolute Gasteiger partial charge is 0.281 e. The number of alkyl halides is 3. The number of hydrogen-bond acceptors (Lipinski definition) is 1. The summed E-state index contributed by atoms with van der Waals surface area (Å²) in [5.74, 6) is -0.747. The van der Waals surface area contributed by atoms with E-state index in [1.165, 1.54) is 6.08 Å².